The number of carbonyl (C=O) groups is 2. The second-order valence-corrected chi connectivity index (χ2v) is 21.0. The molecule has 0 fully saturated rings. The highest BCUT2D eigenvalue weighted by molar-refractivity contribution is 7.89. The van der Waals surface area contributed by atoms with Crippen LogP contribution in [0.1, 0.15) is 89.0 Å². The van der Waals surface area contributed by atoms with E-state index < -0.39 is 49.7 Å². The summed E-state index contributed by atoms with van der Waals surface area (Å²) in [5, 5.41) is 31.7. The Balaban J connectivity index is 0.000000313. The van der Waals surface area contributed by atoms with Gasteiger partial charge in [-0.25, -0.2) is 16.8 Å². The molecule has 0 aliphatic carbocycles. The number of carboxylic acids is 1. The fraction of sp³-hybridized carbons (Fsp3) is 0.500. The van der Waals surface area contributed by atoms with Gasteiger partial charge >= 0.3 is 11.9 Å². The summed E-state index contributed by atoms with van der Waals surface area (Å²) < 4.78 is 62.1. The van der Waals surface area contributed by atoms with Gasteiger partial charge in [-0.15, -0.1) is 0 Å². The second-order valence-electron chi connectivity index (χ2n) is 17.2. The molecule has 0 saturated carbocycles. The molecule has 14 heteroatoms. The van der Waals surface area contributed by atoms with Gasteiger partial charge in [-0.1, -0.05) is 79.7 Å². The number of benzene rings is 4. The molecule has 0 saturated heterocycles. The highest BCUT2D eigenvalue weighted by Gasteiger charge is 2.41. The van der Waals surface area contributed by atoms with Crippen LogP contribution >= 0.6 is 0 Å². The van der Waals surface area contributed by atoms with Crippen LogP contribution in [-0.4, -0.2) is 83.5 Å². The third kappa shape index (κ3) is 12.6. The molecule has 4 aromatic rings. The van der Waals surface area contributed by atoms with Gasteiger partial charge in [0.05, 0.1) is 9.79 Å². The number of carbonyl (C=O) groups excluding carboxylic acids is 1. The van der Waals surface area contributed by atoms with Crippen molar-refractivity contribution in [1.29, 1.82) is 0 Å². The summed E-state index contributed by atoms with van der Waals surface area (Å²) in [5.41, 5.74) is -0.720. The van der Waals surface area contributed by atoms with Crippen LogP contribution in [0.15, 0.2) is 82.6 Å². The largest absolute Gasteiger partial charge is 0.508 e. The van der Waals surface area contributed by atoms with E-state index in [4.69, 9.17) is 4.74 Å². The van der Waals surface area contributed by atoms with Gasteiger partial charge in [0.25, 0.3) is 0 Å². The minimum absolute atomic E-state index is 0.0522. The summed E-state index contributed by atoms with van der Waals surface area (Å²) in [6.45, 7) is 20.7. The van der Waals surface area contributed by atoms with Gasteiger partial charge in [0, 0.05) is 13.1 Å². The highest BCUT2D eigenvalue weighted by atomic mass is 32.2. The predicted molar refractivity (Wildman–Crippen MR) is 229 cm³/mol. The lowest BCUT2D eigenvalue weighted by molar-refractivity contribution is -0.161. The fourth-order valence-corrected chi connectivity index (χ4v) is 9.95. The topological polar surface area (TPSA) is 179 Å². The number of rotatable bonds is 16. The SMILES string of the molecule is CC(C)CCN([C@@H](C(=O)O)C(C)C)S(=O)(=O)c1ccc2cc(O)ccc2c1.CC(C)CCN([C@@H](C(=O)OC(C)(C)C)C(C)C)S(=O)(=O)c1ccc2cc(O)ccc2c1. The molecule has 0 aliphatic heterocycles. The molecule has 320 valence electrons. The smallest absolute Gasteiger partial charge is 0.325 e. The van der Waals surface area contributed by atoms with Gasteiger partial charge in [-0.3, -0.25) is 9.59 Å². The van der Waals surface area contributed by atoms with E-state index in [2.05, 4.69) is 0 Å². The number of sulfonamides is 2. The van der Waals surface area contributed by atoms with Crippen LogP contribution in [0.5, 0.6) is 11.5 Å². The molecule has 0 amide bonds. The summed E-state index contributed by atoms with van der Waals surface area (Å²) in [7, 11) is -7.97. The number of carboxylic acid groups (broad SMARTS) is 1. The molecule has 0 radical (unpaired) electrons. The monoisotopic (exact) mass is 842 g/mol. The number of hydrogen-bond donors (Lipinski definition) is 3. The normalized spacial score (nSPS) is 13.7. The molecule has 12 nitrogen and oxygen atoms in total. The molecular formula is C44H62N2O10S2. The maximum atomic E-state index is 13.7. The van der Waals surface area contributed by atoms with E-state index in [0.29, 0.717) is 29.0 Å². The molecule has 4 aromatic carbocycles. The average molecular weight is 843 g/mol. The Bertz CT molecular complexity index is 2260. The average Bonchev–Trinajstić information content (AvgIpc) is 3.09. The van der Waals surface area contributed by atoms with Crippen molar-refractivity contribution >= 4 is 53.5 Å². The quantitative estimate of drug-likeness (QED) is 0.0925. The molecule has 0 bridgehead atoms. The first-order valence-corrected chi connectivity index (χ1v) is 22.6. The van der Waals surface area contributed by atoms with E-state index in [0.717, 1.165) is 9.69 Å². The van der Waals surface area contributed by atoms with Crippen LogP contribution in [0.4, 0.5) is 0 Å². The van der Waals surface area contributed by atoms with Gasteiger partial charge < -0.3 is 20.1 Å². The Morgan fingerprint density at radius 3 is 1.26 bits per heavy atom. The lowest BCUT2D eigenvalue weighted by Gasteiger charge is -2.34. The molecule has 3 N–H and O–H groups in total. The first-order chi connectivity index (χ1) is 26.8. The molecule has 0 aliphatic rings. The number of phenolic OH excluding ortho intramolecular Hbond substituents is 2. The molecule has 0 unspecified atom stereocenters. The Labute approximate surface area is 344 Å². The minimum Gasteiger partial charge on any atom is -0.508 e. The number of nitrogens with zero attached hydrogens (tertiary/aromatic N) is 2. The zero-order valence-electron chi connectivity index (χ0n) is 35.6. The van der Waals surface area contributed by atoms with E-state index in [-0.39, 0.29) is 58.1 Å². The molecule has 58 heavy (non-hydrogen) atoms. The van der Waals surface area contributed by atoms with Gasteiger partial charge in [0.2, 0.25) is 20.0 Å². The minimum atomic E-state index is -4.00. The number of hydrogen-bond acceptors (Lipinski definition) is 9. The molecule has 2 atom stereocenters. The van der Waals surface area contributed by atoms with Crippen LogP contribution in [-0.2, 0) is 34.4 Å². The number of ether oxygens (including phenoxy) is 1. The summed E-state index contributed by atoms with van der Waals surface area (Å²) in [6.07, 6.45) is 1.18. The van der Waals surface area contributed by atoms with Gasteiger partial charge in [0.15, 0.2) is 0 Å². The molecule has 0 spiro atoms. The van der Waals surface area contributed by atoms with Crippen LogP contribution in [0.2, 0.25) is 0 Å². The fourth-order valence-electron chi connectivity index (χ4n) is 6.43. The van der Waals surface area contributed by atoms with Crippen molar-refractivity contribution in [2.75, 3.05) is 13.1 Å². The van der Waals surface area contributed by atoms with Crippen molar-refractivity contribution in [2.24, 2.45) is 23.7 Å². The van der Waals surface area contributed by atoms with E-state index in [1.165, 1.54) is 34.6 Å². The zero-order chi connectivity index (χ0) is 43.9. The van der Waals surface area contributed by atoms with Crippen molar-refractivity contribution < 1.29 is 46.5 Å². The number of aliphatic carboxylic acids is 1. The Kier molecular flexibility index (Phi) is 16.3. The second kappa shape index (κ2) is 19.7. The summed E-state index contributed by atoms with van der Waals surface area (Å²) >= 11 is 0. The zero-order valence-corrected chi connectivity index (χ0v) is 37.3. The van der Waals surface area contributed by atoms with Crippen molar-refractivity contribution in [3.8, 4) is 11.5 Å². The Morgan fingerprint density at radius 1 is 0.586 bits per heavy atom. The van der Waals surface area contributed by atoms with Crippen LogP contribution in [0, 0.1) is 23.7 Å². The molecule has 0 heterocycles. The number of esters is 1. The van der Waals surface area contributed by atoms with Gasteiger partial charge in [-0.05, 0) is 127 Å². The van der Waals surface area contributed by atoms with Crippen molar-refractivity contribution in [3.63, 3.8) is 0 Å². The number of fused-ring (bicyclic) bond motifs is 2. The molecule has 0 aromatic heterocycles. The van der Waals surface area contributed by atoms with Crippen molar-refractivity contribution in [1.82, 2.24) is 8.61 Å². The Morgan fingerprint density at radius 2 is 0.931 bits per heavy atom. The van der Waals surface area contributed by atoms with Crippen molar-refractivity contribution in [2.45, 2.75) is 116 Å². The third-order valence-corrected chi connectivity index (χ3v) is 13.2. The molecular weight excluding hydrogens is 781 g/mol. The van der Waals surface area contributed by atoms with Crippen LogP contribution in [0.25, 0.3) is 21.5 Å². The standard InChI is InChI=1S/C24H35NO5S.C20H27NO5S/c1-16(2)12-13-25(22(17(3)4)23(27)30-24(5,6)7)31(28,29)21-11-9-18-14-20(26)10-8-19(18)15-21;1-13(2)9-10-21(19(14(3)4)20(23)24)27(25,26)18-8-6-15-11-17(22)7-5-16(15)12-18/h8-11,14-17,22,26H,12-13H2,1-7H3;5-8,11-14,19,22H,9-10H2,1-4H3,(H,23,24)/t22-;19-/m11/s1. The first-order valence-electron chi connectivity index (χ1n) is 19.7. The van der Waals surface area contributed by atoms with E-state index >= 15 is 0 Å². The van der Waals surface area contributed by atoms with Crippen LogP contribution < -0.4 is 0 Å². The summed E-state index contributed by atoms with van der Waals surface area (Å²) in [6, 6.07) is 16.8. The number of phenols is 2. The van der Waals surface area contributed by atoms with E-state index in [9.17, 15) is 41.7 Å². The maximum absolute atomic E-state index is 13.7. The number of aromatic hydroxyl groups is 2. The molecule has 4 rings (SSSR count). The highest BCUT2D eigenvalue weighted by Crippen LogP contribution is 2.30. The van der Waals surface area contributed by atoms with Gasteiger partial charge in [0.1, 0.15) is 29.2 Å². The van der Waals surface area contributed by atoms with E-state index in [1.807, 2.05) is 41.5 Å². The predicted octanol–water partition coefficient (Wildman–Crippen LogP) is 8.64. The van der Waals surface area contributed by atoms with Gasteiger partial charge in [-0.2, -0.15) is 8.61 Å². The Hall–Kier alpha value is -4.24. The van der Waals surface area contributed by atoms with Crippen molar-refractivity contribution in [3.05, 3.63) is 72.8 Å². The third-order valence-electron chi connectivity index (χ3n) is 9.44. The van der Waals surface area contributed by atoms with E-state index in [1.54, 1.807) is 77.1 Å². The summed E-state index contributed by atoms with van der Waals surface area (Å²) in [5.74, 6) is -1.61. The first kappa shape index (κ1) is 48.1. The lowest BCUT2D eigenvalue weighted by Crippen LogP contribution is -2.50. The maximum Gasteiger partial charge on any atom is 0.325 e. The summed E-state index contributed by atoms with van der Waals surface area (Å²) in [4.78, 5) is 25.0. The lowest BCUT2D eigenvalue weighted by atomic mass is 10.0. The van der Waals surface area contributed by atoms with Crippen LogP contribution in [0.3, 0.4) is 0 Å².